The number of amides is 1. The van der Waals surface area contributed by atoms with E-state index in [0.29, 0.717) is 12.3 Å². The number of hydrogen-bond acceptors (Lipinski definition) is 3. The Labute approximate surface area is 114 Å². The Kier molecular flexibility index (Phi) is 5.32. The Bertz CT molecular complexity index is 483. The first kappa shape index (κ1) is 15.0. The summed E-state index contributed by atoms with van der Waals surface area (Å²) in [7, 11) is 0. The molecule has 19 heavy (non-hydrogen) atoms. The first-order valence-electron chi connectivity index (χ1n) is 5.41. The Balaban J connectivity index is 2.96. The molecule has 0 saturated heterocycles. The first-order chi connectivity index (χ1) is 8.93. The van der Waals surface area contributed by atoms with Gasteiger partial charge in [-0.2, -0.15) is 0 Å². The van der Waals surface area contributed by atoms with Crippen molar-refractivity contribution in [3.05, 3.63) is 29.3 Å². The molecule has 0 bridgehead atoms. The highest BCUT2D eigenvalue weighted by Gasteiger charge is 2.12. The number of nitrogens with one attached hydrogen (secondary N) is 1. The van der Waals surface area contributed by atoms with Crippen molar-refractivity contribution in [2.75, 3.05) is 11.2 Å². The summed E-state index contributed by atoms with van der Waals surface area (Å²) in [5.41, 5.74) is -0.267. The van der Waals surface area contributed by atoms with Crippen LogP contribution in [0.25, 0.3) is 0 Å². The summed E-state index contributed by atoms with van der Waals surface area (Å²) in [4.78, 5) is 33.2. The number of benzene rings is 1. The summed E-state index contributed by atoms with van der Waals surface area (Å²) in [5.74, 6) is -2.54. The summed E-state index contributed by atoms with van der Waals surface area (Å²) < 4.78 is 0. The summed E-state index contributed by atoms with van der Waals surface area (Å²) in [6.45, 7) is 0. The molecule has 7 heteroatoms. The third kappa shape index (κ3) is 4.59. The van der Waals surface area contributed by atoms with Crippen molar-refractivity contribution in [2.24, 2.45) is 0 Å². The van der Waals surface area contributed by atoms with Crippen molar-refractivity contribution < 1.29 is 24.6 Å². The minimum Gasteiger partial charge on any atom is -0.478 e. The predicted octanol–water partition coefficient (Wildman–Crippen LogP) is 2.04. The molecular formula is C12H12ClNO5. The molecule has 0 aromatic heterocycles. The number of carbonyl (C=O) groups excluding carboxylic acids is 1. The van der Waals surface area contributed by atoms with Crippen LogP contribution in [0.5, 0.6) is 0 Å². The molecule has 0 saturated carbocycles. The van der Waals surface area contributed by atoms with Crippen molar-refractivity contribution in [1.82, 2.24) is 0 Å². The summed E-state index contributed by atoms with van der Waals surface area (Å²) >= 11 is 5.45. The second-order valence-electron chi connectivity index (χ2n) is 3.75. The molecule has 6 nitrogen and oxygen atoms in total. The molecule has 0 radical (unpaired) electrons. The van der Waals surface area contributed by atoms with Gasteiger partial charge < -0.3 is 15.5 Å². The van der Waals surface area contributed by atoms with Gasteiger partial charge in [-0.05, 0) is 24.6 Å². The highest BCUT2D eigenvalue weighted by molar-refractivity contribution is 6.18. The van der Waals surface area contributed by atoms with Gasteiger partial charge in [-0.1, -0.05) is 0 Å². The molecule has 1 aromatic carbocycles. The van der Waals surface area contributed by atoms with Crippen LogP contribution in [0.2, 0.25) is 0 Å². The Morgan fingerprint density at radius 2 is 1.58 bits per heavy atom. The monoisotopic (exact) mass is 285 g/mol. The third-order valence-electron chi connectivity index (χ3n) is 2.25. The molecule has 3 N–H and O–H groups in total. The van der Waals surface area contributed by atoms with E-state index in [-0.39, 0.29) is 29.1 Å². The largest absolute Gasteiger partial charge is 0.478 e. The Morgan fingerprint density at radius 1 is 1.05 bits per heavy atom. The molecule has 0 atom stereocenters. The zero-order valence-corrected chi connectivity index (χ0v) is 10.6. The molecule has 0 aliphatic carbocycles. The molecule has 1 aromatic rings. The summed E-state index contributed by atoms with van der Waals surface area (Å²) in [6.07, 6.45) is 0.668. The lowest BCUT2D eigenvalue weighted by atomic mass is 10.1. The van der Waals surface area contributed by atoms with Crippen molar-refractivity contribution in [1.29, 1.82) is 0 Å². The summed E-state index contributed by atoms with van der Waals surface area (Å²) in [6, 6.07) is 3.43. The average Bonchev–Trinajstić information content (AvgIpc) is 2.35. The van der Waals surface area contributed by atoms with Gasteiger partial charge in [0.1, 0.15) is 0 Å². The fourth-order valence-corrected chi connectivity index (χ4v) is 1.53. The van der Waals surface area contributed by atoms with Crippen LogP contribution >= 0.6 is 11.6 Å². The zero-order chi connectivity index (χ0) is 14.4. The maximum Gasteiger partial charge on any atom is 0.335 e. The van der Waals surface area contributed by atoms with Crippen molar-refractivity contribution in [3.8, 4) is 0 Å². The average molecular weight is 286 g/mol. The van der Waals surface area contributed by atoms with E-state index in [0.717, 1.165) is 6.07 Å². The minimum absolute atomic E-state index is 0.136. The van der Waals surface area contributed by atoms with Crippen LogP contribution in [-0.2, 0) is 4.79 Å². The Hall–Kier alpha value is -2.08. The lowest BCUT2D eigenvalue weighted by molar-refractivity contribution is -0.116. The van der Waals surface area contributed by atoms with E-state index in [1.165, 1.54) is 12.1 Å². The molecule has 0 unspecified atom stereocenters. The second kappa shape index (κ2) is 6.75. The quantitative estimate of drug-likeness (QED) is 0.694. The van der Waals surface area contributed by atoms with Gasteiger partial charge in [0.25, 0.3) is 0 Å². The standard InChI is InChI=1S/C12H12ClNO5/c13-3-1-2-10(15)14-9-5-7(11(16)17)4-8(6-9)12(18)19/h4-6H,1-3H2,(H,14,15)(H,16,17)(H,18,19). The van der Waals surface area contributed by atoms with Crippen LogP contribution < -0.4 is 5.32 Å². The maximum absolute atomic E-state index is 11.5. The van der Waals surface area contributed by atoms with Gasteiger partial charge in [0.2, 0.25) is 5.91 Å². The minimum atomic E-state index is -1.26. The normalized spacial score (nSPS) is 9.95. The van der Waals surface area contributed by atoms with Crippen LogP contribution in [0.1, 0.15) is 33.6 Å². The molecule has 0 aliphatic rings. The molecule has 1 rings (SSSR count). The van der Waals surface area contributed by atoms with Crippen LogP contribution in [0, 0.1) is 0 Å². The van der Waals surface area contributed by atoms with Gasteiger partial charge in [0, 0.05) is 18.0 Å². The molecule has 0 heterocycles. The smallest absolute Gasteiger partial charge is 0.335 e. The van der Waals surface area contributed by atoms with Gasteiger partial charge in [-0.15, -0.1) is 11.6 Å². The summed E-state index contributed by atoms with van der Waals surface area (Å²) in [5, 5.41) is 20.2. The molecule has 102 valence electrons. The first-order valence-corrected chi connectivity index (χ1v) is 5.95. The topological polar surface area (TPSA) is 104 Å². The fourth-order valence-electron chi connectivity index (χ4n) is 1.40. The molecule has 0 aliphatic heterocycles. The number of hydrogen-bond donors (Lipinski definition) is 3. The second-order valence-corrected chi connectivity index (χ2v) is 4.13. The number of alkyl halides is 1. The van der Waals surface area contributed by atoms with Crippen LogP contribution in [0.4, 0.5) is 5.69 Å². The molecule has 1 amide bonds. The van der Waals surface area contributed by atoms with E-state index in [2.05, 4.69) is 5.32 Å². The number of rotatable bonds is 6. The lowest BCUT2D eigenvalue weighted by Gasteiger charge is -2.07. The number of carboxylic acid groups (broad SMARTS) is 2. The van der Waals surface area contributed by atoms with Crippen LogP contribution in [0.3, 0.4) is 0 Å². The SMILES string of the molecule is O=C(CCCCl)Nc1cc(C(=O)O)cc(C(=O)O)c1. The lowest BCUT2D eigenvalue weighted by Crippen LogP contribution is -2.13. The van der Waals surface area contributed by atoms with Crippen molar-refractivity contribution in [2.45, 2.75) is 12.8 Å². The van der Waals surface area contributed by atoms with Gasteiger partial charge in [-0.25, -0.2) is 9.59 Å². The zero-order valence-electron chi connectivity index (χ0n) is 9.85. The van der Waals surface area contributed by atoms with Gasteiger partial charge >= 0.3 is 11.9 Å². The van der Waals surface area contributed by atoms with E-state index >= 15 is 0 Å². The van der Waals surface area contributed by atoms with Crippen LogP contribution in [-0.4, -0.2) is 33.9 Å². The number of anilines is 1. The van der Waals surface area contributed by atoms with Crippen molar-refractivity contribution >= 4 is 35.1 Å². The Morgan fingerprint density at radius 3 is 2.00 bits per heavy atom. The number of halogens is 1. The number of carbonyl (C=O) groups is 3. The maximum atomic E-state index is 11.5. The fraction of sp³-hybridized carbons (Fsp3) is 0.250. The van der Waals surface area contributed by atoms with E-state index in [1.807, 2.05) is 0 Å². The van der Waals surface area contributed by atoms with Crippen molar-refractivity contribution in [3.63, 3.8) is 0 Å². The van der Waals surface area contributed by atoms with E-state index in [9.17, 15) is 14.4 Å². The predicted molar refractivity (Wildman–Crippen MR) is 68.9 cm³/mol. The van der Waals surface area contributed by atoms with Gasteiger partial charge in [0.15, 0.2) is 0 Å². The molecular weight excluding hydrogens is 274 g/mol. The number of carboxylic acids is 2. The highest BCUT2D eigenvalue weighted by atomic mass is 35.5. The van der Waals surface area contributed by atoms with Gasteiger partial charge in [-0.3, -0.25) is 4.79 Å². The highest BCUT2D eigenvalue weighted by Crippen LogP contribution is 2.16. The third-order valence-corrected chi connectivity index (χ3v) is 2.52. The van der Waals surface area contributed by atoms with E-state index < -0.39 is 11.9 Å². The van der Waals surface area contributed by atoms with Gasteiger partial charge in [0.05, 0.1) is 11.1 Å². The van der Waals surface area contributed by atoms with E-state index in [1.54, 1.807) is 0 Å². The number of aromatic carboxylic acids is 2. The van der Waals surface area contributed by atoms with E-state index in [4.69, 9.17) is 21.8 Å². The molecule has 0 fully saturated rings. The molecule has 0 spiro atoms. The van der Waals surface area contributed by atoms with Crippen LogP contribution in [0.15, 0.2) is 18.2 Å².